The third-order valence-electron chi connectivity index (χ3n) is 3.21. The second-order valence-electron chi connectivity index (χ2n) is 4.11. The first-order valence-electron chi connectivity index (χ1n) is 4.64. The van der Waals surface area contributed by atoms with Crippen molar-refractivity contribution in [1.29, 1.82) is 5.26 Å². The van der Waals surface area contributed by atoms with Gasteiger partial charge in [-0.1, -0.05) is 19.8 Å². The normalized spacial score (nSPS) is 23.8. The molecule has 1 aliphatic carbocycles. The summed E-state index contributed by atoms with van der Waals surface area (Å²) in [5.41, 5.74) is -1.93. The number of hydrogen-bond donors (Lipinski definition) is 1. The zero-order chi connectivity index (χ0) is 10.1. The quantitative estimate of drug-likeness (QED) is 0.652. The topological polar surface area (TPSA) is 44.0 Å². The van der Waals surface area contributed by atoms with E-state index < -0.39 is 11.0 Å². The van der Waals surface area contributed by atoms with Crippen LogP contribution in [0.3, 0.4) is 0 Å². The summed E-state index contributed by atoms with van der Waals surface area (Å²) in [5.74, 6) is 2.33. The Labute approximate surface area is 79.6 Å². The van der Waals surface area contributed by atoms with Crippen LogP contribution >= 0.6 is 0 Å². The van der Waals surface area contributed by atoms with Gasteiger partial charge in [0.15, 0.2) is 0 Å². The van der Waals surface area contributed by atoms with Crippen LogP contribution in [0, 0.1) is 35.0 Å². The van der Waals surface area contributed by atoms with Gasteiger partial charge in [0.2, 0.25) is 0 Å². The molecule has 0 amide bonds. The van der Waals surface area contributed by atoms with Crippen LogP contribution in [-0.4, -0.2) is 10.7 Å². The molecule has 0 aliphatic heterocycles. The summed E-state index contributed by atoms with van der Waals surface area (Å²) in [7, 11) is 0. The van der Waals surface area contributed by atoms with Crippen molar-refractivity contribution in [3.05, 3.63) is 0 Å². The lowest BCUT2D eigenvalue weighted by molar-refractivity contribution is -0.0795. The Kier molecular flexibility index (Phi) is 2.37. The van der Waals surface area contributed by atoms with Crippen molar-refractivity contribution in [3.8, 4) is 18.4 Å². The Hall–Kier alpha value is -0.990. The molecule has 13 heavy (non-hydrogen) atoms. The van der Waals surface area contributed by atoms with Crippen LogP contribution in [0.2, 0.25) is 0 Å². The summed E-state index contributed by atoms with van der Waals surface area (Å²) in [6, 6.07) is 2.20. The smallest absolute Gasteiger partial charge is 0.145 e. The largest absolute Gasteiger partial charge is 0.376 e. The highest BCUT2D eigenvalue weighted by Gasteiger charge is 2.55. The molecule has 0 aromatic rings. The molecule has 70 valence electrons. The second-order valence-corrected chi connectivity index (χ2v) is 4.11. The van der Waals surface area contributed by atoms with E-state index in [0.717, 1.165) is 19.3 Å². The van der Waals surface area contributed by atoms with E-state index in [2.05, 4.69) is 12.0 Å². The van der Waals surface area contributed by atoms with E-state index in [-0.39, 0.29) is 5.92 Å². The molecule has 1 rings (SSSR count). The van der Waals surface area contributed by atoms with E-state index in [4.69, 9.17) is 11.7 Å². The molecule has 0 unspecified atom stereocenters. The highest BCUT2D eigenvalue weighted by molar-refractivity contribution is 5.27. The molecule has 0 spiro atoms. The average molecular weight is 177 g/mol. The highest BCUT2D eigenvalue weighted by Crippen LogP contribution is 2.51. The molecule has 0 radical (unpaired) electrons. The number of hydrogen-bond acceptors (Lipinski definition) is 2. The van der Waals surface area contributed by atoms with Crippen LogP contribution in [0.5, 0.6) is 0 Å². The zero-order valence-corrected chi connectivity index (χ0v) is 8.17. The van der Waals surface area contributed by atoms with Gasteiger partial charge in [0, 0.05) is 0 Å². The molecule has 0 saturated heterocycles. The van der Waals surface area contributed by atoms with Crippen molar-refractivity contribution < 1.29 is 5.11 Å². The van der Waals surface area contributed by atoms with Crippen molar-refractivity contribution in [2.75, 3.05) is 0 Å². The summed E-state index contributed by atoms with van der Waals surface area (Å²) < 4.78 is 0. The number of nitrogens with zero attached hydrogens (tertiary/aromatic N) is 1. The minimum absolute atomic E-state index is 0.0718. The Morgan fingerprint density at radius 3 is 2.15 bits per heavy atom. The molecular formula is C11H15NO. The maximum absolute atomic E-state index is 10.2. The number of nitriles is 1. The Bertz CT molecular complexity index is 277. The van der Waals surface area contributed by atoms with Crippen molar-refractivity contribution >= 4 is 0 Å². The van der Waals surface area contributed by atoms with Gasteiger partial charge in [0.1, 0.15) is 5.60 Å². The molecule has 2 heteroatoms. The molecule has 1 saturated carbocycles. The molecule has 0 bridgehead atoms. The van der Waals surface area contributed by atoms with Crippen molar-refractivity contribution in [1.82, 2.24) is 0 Å². The summed E-state index contributed by atoms with van der Waals surface area (Å²) in [6.45, 7) is 3.72. The van der Waals surface area contributed by atoms with E-state index in [1.807, 2.05) is 13.8 Å². The van der Waals surface area contributed by atoms with Gasteiger partial charge in [0.05, 0.1) is 11.5 Å². The van der Waals surface area contributed by atoms with Gasteiger partial charge in [-0.15, -0.1) is 6.42 Å². The fourth-order valence-corrected chi connectivity index (χ4v) is 1.97. The fraction of sp³-hybridized carbons (Fsp3) is 0.727. The SMILES string of the molecule is C#C[C@@](O)(C(C)C)C1(C#N)CCC1. The Morgan fingerprint density at radius 2 is 2.08 bits per heavy atom. The molecular weight excluding hydrogens is 162 g/mol. The molecule has 0 aromatic heterocycles. The van der Waals surface area contributed by atoms with Gasteiger partial charge in [-0.2, -0.15) is 5.26 Å². The van der Waals surface area contributed by atoms with Gasteiger partial charge >= 0.3 is 0 Å². The van der Waals surface area contributed by atoms with E-state index in [0.29, 0.717) is 0 Å². The summed E-state index contributed by atoms with van der Waals surface area (Å²) >= 11 is 0. The van der Waals surface area contributed by atoms with Crippen LogP contribution in [0.15, 0.2) is 0 Å². The second kappa shape index (κ2) is 3.05. The minimum atomic E-state index is -1.25. The molecule has 2 nitrogen and oxygen atoms in total. The number of aliphatic hydroxyl groups is 1. The predicted molar refractivity (Wildman–Crippen MR) is 50.5 cm³/mol. The number of terminal acetylenes is 1. The van der Waals surface area contributed by atoms with Gasteiger partial charge in [-0.25, -0.2) is 0 Å². The first kappa shape index (κ1) is 10.1. The zero-order valence-electron chi connectivity index (χ0n) is 8.17. The third-order valence-corrected chi connectivity index (χ3v) is 3.21. The predicted octanol–water partition coefficient (Wildman–Crippen LogP) is 1.70. The molecule has 0 aromatic carbocycles. The van der Waals surface area contributed by atoms with E-state index >= 15 is 0 Å². The van der Waals surface area contributed by atoms with Crippen molar-refractivity contribution in [2.24, 2.45) is 11.3 Å². The third kappa shape index (κ3) is 1.14. The lowest BCUT2D eigenvalue weighted by atomic mass is 9.56. The van der Waals surface area contributed by atoms with Gasteiger partial charge in [0.25, 0.3) is 0 Å². The average Bonchev–Trinajstić information content (AvgIpc) is 2.02. The first-order chi connectivity index (χ1) is 6.02. The van der Waals surface area contributed by atoms with Crippen LogP contribution in [-0.2, 0) is 0 Å². The molecule has 0 heterocycles. The Balaban J connectivity index is 3.03. The van der Waals surface area contributed by atoms with Gasteiger partial charge in [-0.05, 0) is 25.2 Å². The van der Waals surface area contributed by atoms with Crippen LogP contribution in [0.4, 0.5) is 0 Å². The standard InChI is InChI=1S/C11H15NO/c1-4-11(13,9(2)3)10(8-12)6-5-7-10/h1,9,13H,5-7H2,2-3H3/t11-/m1/s1. The first-order valence-corrected chi connectivity index (χ1v) is 4.64. The van der Waals surface area contributed by atoms with Crippen LogP contribution in [0.25, 0.3) is 0 Å². The molecule has 1 atom stereocenters. The maximum atomic E-state index is 10.2. The minimum Gasteiger partial charge on any atom is -0.376 e. The lowest BCUT2D eigenvalue weighted by Crippen LogP contribution is -2.54. The molecule has 1 N–H and O–H groups in total. The summed E-state index contributed by atoms with van der Waals surface area (Å²) in [6.07, 6.45) is 7.77. The molecule has 1 aliphatic rings. The summed E-state index contributed by atoms with van der Waals surface area (Å²) in [4.78, 5) is 0. The van der Waals surface area contributed by atoms with Crippen molar-refractivity contribution in [3.63, 3.8) is 0 Å². The lowest BCUT2D eigenvalue weighted by Gasteiger charge is -2.47. The van der Waals surface area contributed by atoms with E-state index in [9.17, 15) is 5.11 Å². The van der Waals surface area contributed by atoms with Gasteiger partial charge < -0.3 is 5.11 Å². The van der Waals surface area contributed by atoms with Crippen LogP contribution < -0.4 is 0 Å². The van der Waals surface area contributed by atoms with Crippen LogP contribution in [0.1, 0.15) is 33.1 Å². The maximum Gasteiger partial charge on any atom is 0.145 e. The fourth-order valence-electron chi connectivity index (χ4n) is 1.97. The highest BCUT2D eigenvalue weighted by atomic mass is 16.3. The Morgan fingerprint density at radius 1 is 1.54 bits per heavy atom. The van der Waals surface area contributed by atoms with E-state index in [1.165, 1.54) is 0 Å². The number of rotatable bonds is 2. The monoisotopic (exact) mass is 177 g/mol. The van der Waals surface area contributed by atoms with Crippen molar-refractivity contribution in [2.45, 2.75) is 38.7 Å². The van der Waals surface area contributed by atoms with E-state index in [1.54, 1.807) is 0 Å². The summed E-state index contributed by atoms with van der Waals surface area (Å²) in [5, 5.41) is 19.3. The molecule has 1 fully saturated rings. The van der Waals surface area contributed by atoms with Gasteiger partial charge in [-0.3, -0.25) is 0 Å².